The Balaban J connectivity index is 1.71. The summed E-state index contributed by atoms with van der Waals surface area (Å²) in [5.74, 6) is 1.80. The highest BCUT2D eigenvalue weighted by molar-refractivity contribution is 6.30. The highest BCUT2D eigenvalue weighted by Crippen LogP contribution is 2.21. The molecule has 0 radical (unpaired) electrons. The Bertz CT molecular complexity index is 892. The number of hydrogen-bond acceptors (Lipinski definition) is 6. The number of carbonyl (C=O) groups excluding carboxylic acids is 1. The second-order valence-corrected chi connectivity index (χ2v) is 5.78. The Morgan fingerprint density at radius 2 is 1.92 bits per heavy atom. The van der Waals surface area contributed by atoms with E-state index in [1.54, 1.807) is 50.4 Å². The van der Waals surface area contributed by atoms with E-state index < -0.39 is 5.91 Å². The molecule has 0 aliphatic rings. The van der Waals surface area contributed by atoms with E-state index in [-0.39, 0.29) is 12.3 Å². The highest BCUT2D eigenvalue weighted by Gasteiger charge is 2.21. The van der Waals surface area contributed by atoms with Crippen LogP contribution in [0, 0.1) is 6.92 Å². The largest absolute Gasteiger partial charge is 0.497 e. The summed E-state index contributed by atoms with van der Waals surface area (Å²) in [6.07, 6.45) is 1.44. The number of ether oxygens (including phenoxy) is 2. The number of nitrogens with one attached hydrogen (secondary N) is 1. The maximum atomic E-state index is 12.4. The molecule has 0 atom stereocenters. The number of hydrogen-bond donors (Lipinski definition) is 1. The molecule has 0 saturated carbocycles. The number of amides is 1. The molecule has 1 amide bonds. The van der Waals surface area contributed by atoms with E-state index in [0.717, 1.165) is 5.75 Å². The summed E-state index contributed by atoms with van der Waals surface area (Å²) in [5, 5.41) is 6.96. The number of methoxy groups -OCH3 is 1. The maximum absolute atomic E-state index is 12.4. The first kappa shape index (κ1) is 17.8. The molecule has 0 spiro atoms. The first-order chi connectivity index (χ1) is 12.6. The van der Waals surface area contributed by atoms with Gasteiger partial charge in [0.2, 0.25) is 0 Å². The molecule has 1 N–H and O–H groups in total. The van der Waals surface area contributed by atoms with Crippen LogP contribution in [0.15, 0.2) is 47.1 Å². The van der Waals surface area contributed by atoms with E-state index in [4.69, 9.17) is 25.6 Å². The van der Waals surface area contributed by atoms with Crippen molar-refractivity contribution in [3.8, 4) is 11.5 Å². The van der Waals surface area contributed by atoms with Gasteiger partial charge in [-0.05, 0) is 43.3 Å². The van der Waals surface area contributed by atoms with E-state index in [1.807, 2.05) is 0 Å². The van der Waals surface area contributed by atoms with Crippen LogP contribution in [0.4, 0.5) is 5.82 Å². The van der Waals surface area contributed by atoms with Gasteiger partial charge in [-0.1, -0.05) is 16.8 Å². The van der Waals surface area contributed by atoms with Crippen molar-refractivity contribution in [2.24, 2.45) is 0 Å². The summed E-state index contributed by atoms with van der Waals surface area (Å²) in [6.45, 7) is 1.86. The fourth-order valence-corrected chi connectivity index (χ4v) is 2.30. The molecule has 2 heterocycles. The quantitative estimate of drug-likeness (QED) is 0.705. The van der Waals surface area contributed by atoms with Crippen molar-refractivity contribution < 1.29 is 18.8 Å². The summed E-state index contributed by atoms with van der Waals surface area (Å²) in [4.78, 5) is 16.5. The number of pyridine rings is 1. The van der Waals surface area contributed by atoms with Gasteiger partial charge in [0.25, 0.3) is 5.91 Å². The van der Waals surface area contributed by atoms with Crippen molar-refractivity contribution in [2.75, 3.05) is 12.4 Å². The van der Waals surface area contributed by atoms with Crippen LogP contribution in [0.1, 0.15) is 21.8 Å². The van der Waals surface area contributed by atoms with Crippen LogP contribution in [0.25, 0.3) is 0 Å². The Hall–Kier alpha value is -3.06. The van der Waals surface area contributed by atoms with Crippen molar-refractivity contribution in [3.63, 3.8) is 0 Å². The lowest BCUT2D eigenvalue weighted by molar-refractivity contribution is 0.101. The molecule has 0 bridgehead atoms. The van der Waals surface area contributed by atoms with E-state index >= 15 is 0 Å². The minimum Gasteiger partial charge on any atom is -0.497 e. The monoisotopic (exact) mass is 373 g/mol. The lowest BCUT2D eigenvalue weighted by atomic mass is 10.2. The third-order valence-corrected chi connectivity index (χ3v) is 3.83. The fraction of sp³-hybridized carbons (Fsp3) is 0.167. The number of nitrogens with zero attached hydrogens (tertiary/aromatic N) is 2. The summed E-state index contributed by atoms with van der Waals surface area (Å²) in [5.41, 5.74) is 0.708. The average molecular weight is 374 g/mol. The van der Waals surface area contributed by atoms with Crippen molar-refractivity contribution in [2.45, 2.75) is 13.5 Å². The minimum absolute atomic E-state index is 0.137. The number of rotatable bonds is 6. The average Bonchev–Trinajstić information content (AvgIpc) is 3.03. The van der Waals surface area contributed by atoms with Crippen LogP contribution in [-0.2, 0) is 6.61 Å². The summed E-state index contributed by atoms with van der Waals surface area (Å²) < 4.78 is 16.0. The van der Waals surface area contributed by atoms with Gasteiger partial charge in [-0.3, -0.25) is 4.79 Å². The molecular formula is C18H16ClN3O4. The van der Waals surface area contributed by atoms with Gasteiger partial charge < -0.3 is 19.3 Å². The SMILES string of the molecule is COc1ccc(OCc2c(C(=O)Nc3ccc(Cl)cn3)noc2C)cc1. The molecule has 0 aliphatic heterocycles. The number of aromatic nitrogens is 2. The molecule has 7 nitrogen and oxygen atoms in total. The highest BCUT2D eigenvalue weighted by atomic mass is 35.5. The van der Waals surface area contributed by atoms with Gasteiger partial charge in [0.05, 0.1) is 17.7 Å². The zero-order chi connectivity index (χ0) is 18.5. The summed E-state index contributed by atoms with van der Waals surface area (Å²) in [6, 6.07) is 10.4. The van der Waals surface area contributed by atoms with E-state index in [0.29, 0.717) is 27.9 Å². The first-order valence-corrected chi connectivity index (χ1v) is 8.09. The third kappa shape index (κ3) is 4.12. The topological polar surface area (TPSA) is 86.5 Å². The van der Waals surface area contributed by atoms with Gasteiger partial charge in [0.1, 0.15) is 29.7 Å². The van der Waals surface area contributed by atoms with E-state index in [2.05, 4.69) is 15.5 Å². The van der Waals surface area contributed by atoms with Gasteiger partial charge in [-0.2, -0.15) is 0 Å². The lowest BCUT2D eigenvalue weighted by Gasteiger charge is -2.08. The molecule has 3 rings (SSSR count). The third-order valence-electron chi connectivity index (χ3n) is 3.61. The van der Waals surface area contributed by atoms with Gasteiger partial charge in [0.15, 0.2) is 5.69 Å². The van der Waals surface area contributed by atoms with Gasteiger partial charge >= 0.3 is 0 Å². The standard InChI is InChI=1S/C18H16ClN3O4/c1-11-15(10-25-14-6-4-13(24-2)5-7-14)17(22-26-11)18(23)21-16-8-3-12(19)9-20-16/h3-9H,10H2,1-2H3,(H,20,21,23). The van der Waals surface area contributed by atoms with Crippen molar-refractivity contribution in [3.05, 3.63) is 64.6 Å². The van der Waals surface area contributed by atoms with Crippen molar-refractivity contribution in [1.29, 1.82) is 0 Å². The zero-order valence-electron chi connectivity index (χ0n) is 14.2. The summed E-state index contributed by atoms with van der Waals surface area (Å²) >= 11 is 5.79. The molecule has 8 heteroatoms. The van der Waals surface area contributed by atoms with Crippen molar-refractivity contribution in [1.82, 2.24) is 10.1 Å². The van der Waals surface area contributed by atoms with Crippen LogP contribution in [-0.4, -0.2) is 23.2 Å². The normalized spacial score (nSPS) is 10.4. The number of halogens is 1. The Labute approximate surface area is 154 Å². The Morgan fingerprint density at radius 3 is 2.58 bits per heavy atom. The number of aryl methyl sites for hydroxylation is 1. The Kier molecular flexibility index (Phi) is 5.38. The fourth-order valence-electron chi connectivity index (χ4n) is 2.19. The lowest BCUT2D eigenvalue weighted by Crippen LogP contribution is -2.16. The number of carbonyl (C=O) groups is 1. The first-order valence-electron chi connectivity index (χ1n) is 7.71. The Morgan fingerprint density at radius 1 is 1.19 bits per heavy atom. The molecule has 26 heavy (non-hydrogen) atoms. The molecule has 1 aromatic carbocycles. The van der Waals surface area contributed by atoms with Crippen LogP contribution in [0.2, 0.25) is 5.02 Å². The van der Waals surface area contributed by atoms with E-state index in [9.17, 15) is 4.79 Å². The molecule has 0 aliphatic carbocycles. The van der Waals surface area contributed by atoms with Crippen LogP contribution >= 0.6 is 11.6 Å². The molecule has 2 aromatic heterocycles. The molecule has 0 unspecified atom stereocenters. The van der Waals surface area contributed by atoms with Crippen LogP contribution in [0.3, 0.4) is 0 Å². The maximum Gasteiger partial charge on any atom is 0.279 e. The molecule has 0 saturated heterocycles. The van der Waals surface area contributed by atoms with Gasteiger partial charge in [-0.15, -0.1) is 0 Å². The molecule has 3 aromatic rings. The molecular weight excluding hydrogens is 358 g/mol. The second kappa shape index (κ2) is 7.88. The number of benzene rings is 1. The minimum atomic E-state index is -0.440. The van der Waals surface area contributed by atoms with Crippen LogP contribution in [0.5, 0.6) is 11.5 Å². The van der Waals surface area contributed by atoms with Crippen LogP contribution < -0.4 is 14.8 Å². The molecule has 134 valence electrons. The second-order valence-electron chi connectivity index (χ2n) is 5.35. The van der Waals surface area contributed by atoms with E-state index in [1.165, 1.54) is 6.20 Å². The predicted octanol–water partition coefficient (Wildman–Crippen LogP) is 3.87. The molecule has 0 fully saturated rings. The van der Waals surface area contributed by atoms with Gasteiger partial charge in [0, 0.05) is 6.20 Å². The number of anilines is 1. The van der Waals surface area contributed by atoms with Gasteiger partial charge in [-0.25, -0.2) is 4.98 Å². The predicted molar refractivity (Wildman–Crippen MR) is 95.8 cm³/mol. The summed E-state index contributed by atoms with van der Waals surface area (Å²) in [7, 11) is 1.59. The zero-order valence-corrected chi connectivity index (χ0v) is 14.9. The smallest absolute Gasteiger partial charge is 0.279 e. The van der Waals surface area contributed by atoms with Crippen molar-refractivity contribution >= 4 is 23.3 Å².